The average Bonchev–Trinajstić information content (AvgIpc) is 3.49. The number of fused-ring (bicyclic) bond motifs is 4. The van der Waals surface area contributed by atoms with Crippen LogP contribution in [0.2, 0.25) is 0 Å². The first kappa shape index (κ1) is 21.1. The van der Waals surface area contributed by atoms with Crippen LogP contribution in [0, 0.1) is 5.21 Å². The van der Waals surface area contributed by atoms with Crippen molar-refractivity contribution in [3.05, 3.63) is 92.9 Å². The number of para-hydroxylation sites is 1. The van der Waals surface area contributed by atoms with E-state index < -0.39 is 17.3 Å². The highest BCUT2D eigenvalue weighted by Crippen LogP contribution is 2.42. The third-order valence-corrected chi connectivity index (χ3v) is 7.60. The summed E-state index contributed by atoms with van der Waals surface area (Å²) in [4.78, 5) is 35.1. The number of piperazine rings is 1. The minimum atomic E-state index is -1.01. The van der Waals surface area contributed by atoms with Gasteiger partial charge in [-0.2, -0.15) is 5.23 Å². The molecule has 0 aliphatic carbocycles. The predicted octanol–water partition coefficient (Wildman–Crippen LogP) is 2.52. The summed E-state index contributed by atoms with van der Waals surface area (Å²) in [5.41, 5.74) is 3.82. The Bertz CT molecular complexity index is 1380. The number of hydrogen-bond acceptors (Lipinski definition) is 5. The van der Waals surface area contributed by atoms with E-state index in [4.69, 9.17) is 0 Å². The molecule has 0 bridgehead atoms. The zero-order chi connectivity index (χ0) is 23.4. The molecule has 2 aromatic carbocycles. The van der Waals surface area contributed by atoms with Crippen LogP contribution in [0.15, 0.2) is 66.0 Å². The maximum atomic E-state index is 13.7. The van der Waals surface area contributed by atoms with Gasteiger partial charge in [-0.05, 0) is 28.6 Å². The fourth-order valence-corrected chi connectivity index (χ4v) is 5.92. The van der Waals surface area contributed by atoms with Gasteiger partial charge in [-0.15, -0.1) is 11.3 Å². The zero-order valence-corrected chi connectivity index (χ0v) is 18.9. The van der Waals surface area contributed by atoms with Crippen molar-refractivity contribution >= 4 is 39.7 Å². The predicted molar refractivity (Wildman–Crippen MR) is 126 cm³/mol. The van der Waals surface area contributed by atoms with Crippen molar-refractivity contribution in [3.63, 3.8) is 0 Å². The van der Waals surface area contributed by atoms with Crippen LogP contribution in [0.1, 0.15) is 27.7 Å². The van der Waals surface area contributed by atoms with Gasteiger partial charge in [0.2, 0.25) is 11.8 Å². The number of carbonyl (C=O) groups excluding carboxylic acids is 2. The molecule has 0 spiro atoms. The third kappa shape index (κ3) is 3.33. The normalized spacial score (nSPS) is 21.0. The molecule has 9 heteroatoms. The number of thiophene rings is 1. The Hall–Kier alpha value is -3.50. The summed E-state index contributed by atoms with van der Waals surface area (Å²) < 4.78 is 0. The molecule has 6 rings (SSSR count). The number of quaternary nitrogens is 1. The van der Waals surface area contributed by atoms with Crippen molar-refractivity contribution in [1.82, 2.24) is 14.8 Å². The number of aromatic nitrogens is 1. The Morgan fingerprint density at radius 2 is 1.88 bits per heavy atom. The van der Waals surface area contributed by atoms with Gasteiger partial charge in [0.1, 0.15) is 12.6 Å². The average molecular weight is 475 g/mol. The lowest BCUT2D eigenvalue weighted by molar-refractivity contribution is -0.991. The van der Waals surface area contributed by atoms with Gasteiger partial charge in [0.05, 0.1) is 12.6 Å². The molecule has 3 N–H and O–H groups in total. The molecule has 4 aromatic rings. The molecule has 172 valence electrons. The molecule has 2 aliphatic heterocycles. The van der Waals surface area contributed by atoms with Crippen molar-refractivity contribution < 1.29 is 20.0 Å². The van der Waals surface area contributed by atoms with E-state index in [-0.39, 0.29) is 24.0 Å². The van der Waals surface area contributed by atoms with Gasteiger partial charge < -0.3 is 20.0 Å². The van der Waals surface area contributed by atoms with Crippen molar-refractivity contribution in [3.8, 4) is 0 Å². The summed E-state index contributed by atoms with van der Waals surface area (Å²) in [7, 11) is 0. The number of rotatable bonds is 4. The lowest BCUT2D eigenvalue weighted by Gasteiger charge is -2.47. The third-order valence-electron chi connectivity index (χ3n) is 6.74. The molecule has 8 nitrogen and oxygen atoms in total. The molecule has 1 fully saturated rings. The number of aromatic amines is 1. The molecular weight excluding hydrogens is 452 g/mol. The fourth-order valence-electron chi connectivity index (χ4n) is 5.20. The maximum Gasteiger partial charge on any atom is 0.246 e. The van der Waals surface area contributed by atoms with E-state index in [0.29, 0.717) is 13.0 Å². The minimum absolute atomic E-state index is 0.0203. The number of H-pyrrole nitrogens is 1. The van der Waals surface area contributed by atoms with E-state index in [0.717, 1.165) is 32.6 Å². The monoisotopic (exact) mass is 474 g/mol. The number of hydrogen-bond donors (Lipinski definition) is 3. The second kappa shape index (κ2) is 8.07. The van der Waals surface area contributed by atoms with E-state index in [2.05, 4.69) is 4.98 Å². The molecule has 3 atom stereocenters. The number of nitrogens with one attached hydrogen (secondary N) is 2. The van der Waals surface area contributed by atoms with Crippen molar-refractivity contribution in [2.24, 2.45) is 0 Å². The largest absolute Gasteiger partial charge is 0.595 e. The van der Waals surface area contributed by atoms with Gasteiger partial charge in [0, 0.05) is 40.0 Å². The van der Waals surface area contributed by atoms with Crippen LogP contribution < -0.4 is 5.23 Å². The van der Waals surface area contributed by atoms with Gasteiger partial charge in [-0.3, -0.25) is 9.59 Å². The molecule has 34 heavy (non-hydrogen) atoms. The molecule has 1 saturated heterocycles. The quantitative estimate of drug-likeness (QED) is 0.396. The van der Waals surface area contributed by atoms with Crippen molar-refractivity contribution in [2.75, 3.05) is 6.54 Å². The maximum absolute atomic E-state index is 13.7. The number of nitrogens with zero attached hydrogens (tertiary/aromatic N) is 2. The van der Waals surface area contributed by atoms with Crippen molar-refractivity contribution in [1.29, 1.82) is 0 Å². The fraction of sp³-hybridized carbons (Fsp3) is 0.200. The number of amides is 2. The molecule has 2 aromatic heterocycles. The molecule has 2 aliphatic rings. The van der Waals surface area contributed by atoms with E-state index in [1.54, 1.807) is 45.4 Å². The summed E-state index contributed by atoms with van der Waals surface area (Å²) >= 11 is 1.57. The van der Waals surface area contributed by atoms with Gasteiger partial charge in [0.15, 0.2) is 5.69 Å². The summed E-state index contributed by atoms with van der Waals surface area (Å²) in [6, 6.07) is 17.3. The SMILES string of the molecule is O=C1[C@@H]2Cc3c([nH]c4ccccc34)C(c3ccc([NH+]([O-])O)cc3)N2C(=O)CN1Cc1cccs1. The topological polar surface area (TPSA) is 104 Å². The van der Waals surface area contributed by atoms with Crippen LogP contribution >= 0.6 is 11.3 Å². The van der Waals surface area contributed by atoms with E-state index in [1.807, 2.05) is 41.8 Å². The Balaban J connectivity index is 1.46. The van der Waals surface area contributed by atoms with Crippen LogP contribution in [0.3, 0.4) is 0 Å². The van der Waals surface area contributed by atoms with Crippen LogP contribution in [0.25, 0.3) is 10.9 Å². The van der Waals surface area contributed by atoms with Crippen LogP contribution in [-0.2, 0) is 22.6 Å². The summed E-state index contributed by atoms with van der Waals surface area (Å²) in [5.74, 6) is -0.172. The zero-order valence-electron chi connectivity index (χ0n) is 18.1. The Morgan fingerprint density at radius 1 is 1.09 bits per heavy atom. The summed E-state index contributed by atoms with van der Waals surface area (Å²) in [6.07, 6.45) is 0.439. The molecule has 2 unspecified atom stereocenters. The van der Waals surface area contributed by atoms with E-state index in [9.17, 15) is 20.0 Å². The first-order valence-corrected chi connectivity index (χ1v) is 11.9. The molecule has 0 radical (unpaired) electrons. The highest BCUT2D eigenvalue weighted by Gasteiger charge is 2.48. The van der Waals surface area contributed by atoms with Crippen LogP contribution in [-0.4, -0.2) is 44.4 Å². The Morgan fingerprint density at radius 3 is 2.62 bits per heavy atom. The Labute approximate surface area is 199 Å². The smallest absolute Gasteiger partial charge is 0.246 e. The van der Waals surface area contributed by atoms with E-state index >= 15 is 0 Å². The standard InChI is InChI=1S/C25H22N4O4S/c30-22-14-27(13-17-4-3-11-34-17)25(31)21-12-19-18-5-1-2-6-20(18)26-23(19)24(28(21)22)15-7-9-16(10-8-15)29(32)33/h1-11,21,24,26,29,32H,12-14H2/t21-,24?/m0/s1. The molecule has 0 saturated carbocycles. The van der Waals surface area contributed by atoms with E-state index in [1.165, 1.54) is 0 Å². The summed E-state index contributed by atoms with van der Waals surface area (Å²) in [5, 5.41) is 22.7. The second-order valence-electron chi connectivity index (χ2n) is 8.69. The second-order valence-corrected chi connectivity index (χ2v) is 9.72. The summed E-state index contributed by atoms with van der Waals surface area (Å²) in [6.45, 7) is 0.442. The lowest BCUT2D eigenvalue weighted by Crippen LogP contribution is -2.99. The Kier molecular flexibility index (Phi) is 5.00. The van der Waals surface area contributed by atoms with Crippen molar-refractivity contribution in [2.45, 2.75) is 25.0 Å². The lowest BCUT2D eigenvalue weighted by atomic mass is 9.86. The first-order valence-electron chi connectivity index (χ1n) is 11.1. The van der Waals surface area contributed by atoms with Gasteiger partial charge >= 0.3 is 0 Å². The highest BCUT2D eigenvalue weighted by atomic mass is 32.1. The van der Waals surface area contributed by atoms with Gasteiger partial charge in [-0.1, -0.05) is 36.4 Å². The van der Waals surface area contributed by atoms with Gasteiger partial charge in [0.25, 0.3) is 0 Å². The molecule has 2 amide bonds. The molecule has 4 heterocycles. The molecular formula is C25H22N4O4S. The minimum Gasteiger partial charge on any atom is -0.595 e. The number of benzene rings is 2. The first-order chi connectivity index (χ1) is 16.5. The number of carbonyl (C=O) groups is 2. The van der Waals surface area contributed by atoms with Crippen LogP contribution in [0.5, 0.6) is 0 Å². The van der Waals surface area contributed by atoms with Crippen LogP contribution in [0.4, 0.5) is 5.69 Å². The van der Waals surface area contributed by atoms with Gasteiger partial charge in [-0.25, -0.2) is 5.21 Å². The highest BCUT2D eigenvalue weighted by molar-refractivity contribution is 7.09.